The standard InChI is InChI=1S/C13H9F2NO2S/c14-8-4-5-12(10(15)6-8)19-7-9-2-1-3-11(16-9)13(17)18/h1-6H,7H2,(H,17,18). The molecule has 0 aliphatic carbocycles. The topological polar surface area (TPSA) is 50.2 Å². The molecule has 0 saturated heterocycles. The molecule has 0 unspecified atom stereocenters. The summed E-state index contributed by atoms with van der Waals surface area (Å²) in [6.07, 6.45) is 0. The molecule has 1 heterocycles. The Labute approximate surface area is 112 Å². The van der Waals surface area contributed by atoms with Gasteiger partial charge in [-0.15, -0.1) is 11.8 Å². The molecule has 0 saturated carbocycles. The largest absolute Gasteiger partial charge is 0.477 e. The molecule has 0 aliphatic rings. The fraction of sp³-hybridized carbons (Fsp3) is 0.0769. The lowest BCUT2D eigenvalue weighted by molar-refractivity contribution is 0.0690. The molecular weight excluding hydrogens is 272 g/mol. The second-order valence-electron chi connectivity index (χ2n) is 3.68. The number of thioether (sulfide) groups is 1. The van der Waals surface area contributed by atoms with Crippen molar-refractivity contribution in [2.24, 2.45) is 0 Å². The number of benzene rings is 1. The van der Waals surface area contributed by atoms with E-state index in [1.165, 1.54) is 18.2 Å². The van der Waals surface area contributed by atoms with Crippen molar-refractivity contribution in [2.75, 3.05) is 0 Å². The van der Waals surface area contributed by atoms with Crippen LogP contribution in [0.2, 0.25) is 0 Å². The Morgan fingerprint density at radius 2 is 2.05 bits per heavy atom. The second-order valence-corrected chi connectivity index (χ2v) is 4.70. The summed E-state index contributed by atoms with van der Waals surface area (Å²) in [6, 6.07) is 7.94. The molecule has 1 aromatic carbocycles. The lowest BCUT2D eigenvalue weighted by Gasteiger charge is -2.04. The zero-order chi connectivity index (χ0) is 13.8. The van der Waals surface area contributed by atoms with Gasteiger partial charge in [0.1, 0.15) is 17.3 Å². The minimum Gasteiger partial charge on any atom is -0.477 e. The maximum Gasteiger partial charge on any atom is 0.354 e. The molecule has 1 N–H and O–H groups in total. The van der Waals surface area contributed by atoms with Crippen molar-refractivity contribution in [3.63, 3.8) is 0 Å². The maximum atomic E-state index is 13.4. The van der Waals surface area contributed by atoms with Crippen molar-refractivity contribution in [1.82, 2.24) is 4.98 Å². The molecule has 0 atom stereocenters. The Kier molecular flexibility index (Phi) is 4.11. The maximum absolute atomic E-state index is 13.4. The van der Waals surface area contributed by atoms with Gasteiger partial charge in [0.15, 0.2) is 0 Å². The van der Waals surface area contributed by atoms with Crippen LogP contribution in [0.4, 0.5) is 8.78 Å². The van der Waals surface area contributed by atoms with Gasteiger partial charge in [0.05, 0.1) is 5.69 Å². The van der Waals surface area contributed by atoms with Crippen LogP contribution in [-0.4, -0.2) is 16.1 Å². The third kappa shape index (κ3) is 3.51. The van der Waals surface area contributed by atoms with Gasteiger partial charge in [0.2, 0.25) is 0 Å². The molecule has 0 aliphatic heterocycles. The molecule has 6 heteroatoms. The minimum absolute atomic E-state index is 0.0577. The summed E-state index contributed by atoms with van der Waals surface area (Å²) in [5, 5.41) is 8.80. The first-order chi connectivity index (χ1) is 9.06. The van der Waals surface area contributed by atoms with Crippen LogP contribution in [0.25, 0.3) is 0 Å². The quantitative estimate of drug-likeness (QED) is 0.873. The van der Waals surface area contributed by atoms with E-state index >= 15 is 0 Å². The fourth-order valence-corrected chi connectivity index (χ4v) is 2.25. The van der Waals surface area contributed by atoms with E-state index in [2.05, 4.69) is 4.98 Å². The first-order valence-electron chi connectivity index (χ1n) is 5.33. The molecular formula is C13H9F2NO2S. The molecule has 1 aromatic heterocycles. The van der Waals surface area contributed by atoms with Crippen LogP contribution in [0.3, 0.4) is 0 Å². The first-order valence-corrected chi connectivity index (χ1v) is 6.32. The van der Waals surface area contributed by atoms with Crippen LogP contribution in [-0.2, 0) is 5.75 Å². The molecule has 0 amide bonds. The van der Waals surface area contributed by atoms with Gasteiger partial charge in [-0.1, -0.05) is 6.07 Å². The summed E-state index contributed by atoms with van der Waals surface area (Å²) in [4.78, 5) is 15.0. The van der Waals surface area contributed by atoms with Gasteiger partial charge < -0.3 is 5.11 Å². The number of carboxylic acids is 1. The smallest absolute Gasteiger partial charge is 0.354 e. The Morgan fingerprint density at radius 3 is 2.74 bits per heavy atom. The monoisotopic (exact) mass is 281 g/mol. The second kappa shape index (κ2) is 5.79. The molecule has 2 aromatic rings. The number of halogens is 2. The van der Waals surface area contributed by atoms with Gasteiger partial charge in [0.25, 0.3) is 0 Å². The minimum atomic E-state index is -1.11. The molecule has 98 valence electrons. The Morgan fingerprint density at radius 1 is 1.26 bits per heavy atom. The van der Waals surface area contributed by atoms with Gasteiger partial charge in [-0.05, 0) is 24.3 Å². The van der Waals surface area contributed by atoms with Crippen molar-refractivity contribution >= 4 is 17.7 Å². The van der Waals surface area contributed by atoms with E-state index in [0.717, 1.165) is 17.8 Å². The lowest BCUT2D eigenvalue weighted by atomic mass is 10.3. The highest BCUT2D eigenvalue weighted by atomic mass is 32.2. The summed E-state index contributed by atoms with van der Waals surface area (Å²) >= 11 is 1.13. The van der Waals surface area contributed by atoms with Gasteiger partial charge in [-0.3, -0.25) is 0 Å². The van der Waals surface area contributed by atoms with Gasteiger partial charge in [-0.25, -0.2) is 18.6 Å². The number of aromatic nitrogens is 1. The van der Waals surface area contributed by atoms with E-state index in [9.17, 15) is 13.6 Å². The van der Waals surface area contributed by atoms with Crippen molar-refractivity contribution < 1.29 is 18.7 Å². The summed E-state index contributed by atoms with van der Waals surface area (Å²) in [7, 11) is 0. The highest BCUT2D eigenvalue weighted by Crippen LogP contribution is 2.25. The third-order valence-electron chi connectivity index (χ3n) is 2.30. The highest BCUT2D eigenvalue weighted by molar-refractivity contribution is 7.98. The number of pyridine rings is 1. The van der Waals surface area contributed by atoms with E-state index in [0.29, 0.717) is 16.3 Å². The predicted molar refractivity (Wildman–Crippen MR) is 67.1 cm³/mol. The molecule has 2 rings (SSSR count). The number of hydrogen-bond acceptors (Lipinski definition) is 3. The number of carbonyl (C=O) groups is 1. The molecule has 3 nitrogen and oxygen atoms in total. The number of aromatic carboxylic acids is 1. The highest BCUT2D eigenvalue weighted by Gasteiger charge is 2.08. The lowest BCUT2D eigenvalue weighted by Crippen LogP contribution is -2.01. The zero-order valence-electron chi connectivity index (χ0n) is 9.64. The van der Waals surface area contributed by atoms with E-state index in [1.54, 1.807) is 12.1 Å². The fourth-order valence-electron chi connectivity index (χ4n) is 1.42. The molecule has 19 heavy (non-hydrogen) atoms. The molecule has 0 fully saturated rings. The van der Waals surface area contributed by atoms with E-state index in [1.807, 2.05) is 0 Å². The van der Waals surface area contributed by atoms with E-state index in [-0.39, 0.29) is 5.69 Å². The first kappa shape index (κ1) is 13.5. The zero-order valence-corrected chi connectivity index (χ0v) is 10.5. The summed E-state index contributed by atoms with van der Waals surface area (Å²) in [6.45, 7) is 0. The van der Waals surface area contributed by atoms with Crippen molar-refractivity contribution in [3.8, 4) is 0 Å². The van der Waals surface area contributed by atoms with Crippen LogP contribution in [0.15, 0.2) is 41.3 Å². The number of hydrogen-bond donors (Lipinski definition) is 1. The van der Waals surface area contributed by atoms with Crippen LogP contribution in [0.1, 0.15) is 16.2 Å². The average molecular weight is 281 g/mol. The predicted octanol–water partition coefficient (Wildman–Crippen LogP) is 3.35. The Hall–Kier alpha value is -1.95. The van der Waals surface area contributed by atoms with Gasteiger partial charge in [0, 0.05) is 16.7 Å². The third-order valence-corrected chi connectivity index (χ3v) is 3.38. The SMILES string of the molecule is O=C(O)c1cccc(CSc2ccc(F)cc2F)n1. The van der Waals surface area contributed by atoms with Crippen LogP contribution >= 0.6 is 11.8 Å². The van der Waals surface area contributed by atoms with Gasteiger partial charge >= 0.3 is 5.97 Å². The Balaban J connectivity index is 2.10. The Bertz CT molecular complexity index is 619. The number of nitrogens with zero attached hydrogens (tertiary/aromatic N) is 1. The van der Waals surface area contributed by atoms with Gasteiger partial charge in [-0.2, -0.15) is 0 Å². The molecule has 0 bridgehead atoms. The summed E-state index contributed by atoms with van der Waals surface area (Å²) in [5.74, 6) is -2.07. The van der Waals surface area contributed by atoms with Crippen molar-refractivity contribution in [3.05, 3.63) is 59.4 Å². The summed E-state index contributed by atoms with van der Waals surface area (Å²) in [5.41, 5.74) is 0.464. The normalized spacial score (nSPS) is 10.4. The van der Waals surface area contributed by atoms with Crippen LogP contribution in [0, 0.1) is 11.6 Å². The van der Waals surface area contributed by atoms with Crippen LogP contribution < -0.4 is 0 Å². The number of rotatable bonds is 4. The van der Waals surface area contributed by atoms with E-state index < -0.39 is 17.6 Å². The molecule has 0 radical (unpaired) electrons. The average Bonchev–Trinajstić information content (AvgIpc) is 2.38. The van der Waals surface area contributed by atoms with E-state index in [4.69, 9.17) is 5.11 Å². The summed E-state index contributed by atoms with van der Waals surface area (Å²) < 4.78 is 26.1. The van der Waals surface area contributed by atoms with Crippen molar-refractivity contribution in [1.29, 1.82) is 0 Å². The molecule has 0 spiro atoms. The number of carboxylic acid groups (broad SMARTS) is 1. The van der Waals surface area contributed by atoms with Crippen molar-refractivity contribution in [2.45, 2.75) is 10.6 Å². The van der Waals surface area contributed by atoms with Crippen LogP contribution in [0.5, 0.6) is 0 Å².